The fourth-order valence-electron chi connectivity index (χ4n) is 2.18. The van der Waals surface area contributed by atoms with Crippen molar-refractivity contribution in [3.8, 4) is 0 Å². The van der Waals surface area contributed by atoms with E-state index in [9.17, 15) is 10.1 Å². The zero-order valence-corrected chi connectivity index (χ0v) is 12.8. The van der Waals surface area contributed by atoms with E-state index in [1.54, 1.807) is 16.8 Å². The predicted molar refractivity (Wildman–Crippen MR) is 80.6 cm³/mol. The smallest absolute Gasteiger partial charge is 0.269 e. The number of aromatic nitrogens is 2. The Morgan fingerprint density at radius 1 is 1.55 bits per heavy atom. The largest absolute Gasteiger partial charge is 0.383 e. The summed E-state index contributed by atoms with van der Waals surface area (Å²) >= 11 is 3.39. The minimum Gasteiger partial charge on any atom is -0.383 e. The van der Waals surface area contributed by atoms with Crippen LogP contribution in [0.5, 0.6) is 0 Å². The summed E-state index contributed by atoms with van der Waals surface area (Å²) in [5.74, 6) is 0.529. The molecule has 20 heavy (non-hydrogen) atoms. The average molecular weight is 339 g/mol. The Bertz CT molecular complexity index is 654. The Kier molecular flexibility index (Phi) is 4.08. The third-order valence-corrected chi connectivity index (χ3v) is 4.17. The van der Waals surface area contributed by atoms with Gasteiger partial charge < -0.3 is 5.73 Å². The maximum absolute atomic E-state index is 10.9. The van der Waals surface area contributed by atoms with E-state index in [0.717, 1.165) is 22.2 Å². The van der Waals surface area contributed by atoms with Crippen molar-refractivity contribution in [1.82, 2.24) is 9.78 Å². The molecule has 2 aromatic rings. The number of aryl methyl sites for hydroxylation is 1. The molecule has 0 aliphatic carbocycles. The first-order valence-electron chi connectivity index (χ1n) is 6.20. The summed E-state index contributed by atoms with van der Waals surface area (Å²) in [5, 5.41) is 15.3. The summed E-state index contributed by atoms with van der Waals surface area (Å²) in [6.45, 7) is 3.85. The van der Waals surface area contributed by atoms with E-state index in [0.29, 0.717) is 5.82 Å². The fourth-order valence-corrected chi connectivity index (χ4v) is 2.44. The van der Waals surface area contributed by atoms with Crippen LogP contribution in [-0.4, -0.2) is 14.7 Å². The molecule has 1 heterocycles. The first kappa shape index (κ1) is 14.5. The number of rotatable bonds is 4. The van der Waals surface area contributed by atoms with Crippen molar-refractivity contribution in [3.63, 3.8) is 0 Å². The maximum Gasteiger partial charge on any atom is 0.269 e. The molecular weight excluding hydrogens is 324 g/mol. The van der Waals surface area contributed by atoms with Gasteiger partial charge in [-0.05, 0) is 34.8 Å². The Morgan fingerprint density at radius 2 is 2.25 bits per heavy atom. The third kappa shape index (κ3) is 2.53. The van der Waals surface area contributed by atoms with Crippen LogP contribution in [0.1, 0.15) is 30.6 Å². The maximum atomic E-state index is 10.9. The number of hydrogen-bond acceptors (Lipinski definition) is 4. The highest BCUT2D eigenvalue weighted by Gasteiger charge is 2.20. The van der Waals surface area contributed by atoms with E-state index in [2.05, 4.69) is 21.0 Å². The van der Waals surface area contributed by atoms with Gasteiger partial charge >= 0.3 is 0 Å². The standard InChI is InChI=1S/C13H15BrN4O2/c1-3-11(17-13(15)12(14)8(2)16-17)9-5-4-6-10(7-9)18(19)20/h4-7,11H,3,15H2,1-2H3. The monoisotopic (exact) mass is 338 g/mol. The topological polar surface area (TPSA) is 87.0 Å². The molecule has 0 aliphatic heterocycles. The van der Waals surface area contributed by atoms with E-state index in [-0.39, 0.29) is 11.7 Å². The molecular formula is C13H15BrN4O2. The lowest BCUT2D eigenvalue weighted by Crippen LogP contribution is -2.14. The molecule has 0 bridgehead atoms. The van der Waals surface area contributed by atoms with Gasteiger partial charge in [-0.3, -0.25) is 10.1 Å². The van der Waals surface area contributed by atoms with Crippen molar-refractivity contribution >= 4 is 27.4 Å². The third-order valence-electron chi connectivity index (χ3n) is 3.19. The van der Waals surface area contributed by atoms with Gasteiger partial charge in [0.2, 0.25) is 0 Å². The van der Waals surface area contributed by atoms with Gasteiger partial charge in [-0.2, -0.15) is 5.10 Å². The fraction of sp³-hybridized carbons (Fsp3) is 0.308. The second-order valence-corrected chi connectivity index (χ2v) is 5.30. The molecule has 6 nitrogen and oxygen atoms in total. The molecule has 2 rings (SSSR count). The molecule has 0 saturated heterocycles. The molecule has 0 aliphatic rings. The lowest BCUT2D eigenvalue weighted by atomic mass is 10.0. The van der Waals surface area contributed by atoms with Crippen molar-refractivity contribution in [3.05, 3.63) is 50.1 Å². The first-order chi connectivity index (χ1) is 9.45. The van der Waals surface area contributed by atoms with Crippen molar-refractivity contribution in [1.29, 1.82) is 0 Å². The molecule has 2 N–H and O–H groups in total. The van der Waals surface area contributed by atoms with Crippen molar-refractivity contribution in [2.24, 2.45) is 0 Å². The lowest BCUT2D eigenvalue weighted by molar-refractivity contribution is -0.384. The molecule has 7 heteroatoms. The van der Waals surface area contributed by atoms with Crippen LogP contribution in [0.15, 0.2) is 28.7 Å². The van der Waals surface area contributed by atoms with Crippen molar-refractivity contribution in [2.75, 3.05) is 5.73 Å². The number of nitrogens with zero attached hydrogens (tertiary/aromatic N) is 3. The number of nitro benzene ring substituents is 1. The predicted octanol–water partition coefficient (Wildman–Crippen LogP) is 3.44. The zero-order valence-electron chi connectivity index (χ0n) is 11.2. The van der Waals surface area contributed by atoms with Crippen LogP contribution in [0.4, 0.5) is 11.5 Å². The Hall–Kier alpha value is -1.89. The van der Waals surface area contributed by atoms with Gasteiger partial charge in [-0.25, -0.2) is 4.68 Å². The van der Waals surface area contributed by atoms with Gasteiger partial charge in [0.05, 0.1) is 21.1 Å². The van der Waals surface area contributed by atoms with E-state index < -0.39 is 4.92 Å². The minimum absolute atomic E-state index is 0.0717. The van der Waals surface area contributed by atoms with E-state index >= 15 is 0 Å². The summed E-state index contributed by atoms with van der Waals surface area (Å²) in [5.41, 5.74) is 7.73. The van der Waals surface area contributed by atoms with Crippen LogP contribution in [0.2, 0.25) is 0 Å². The van der Waals surface area contributed by atoms with Gasteiger partial charge in [-0.1, -0.05) is 19.1 Å². The molecule has 106 valence electrons. The quantitative estimate of drug-likeness (QED) is 0.683. The van der Waals surface area contributed by atoms with Gasteiger partial charge in [0.25, 0.3) is 5.69 Å². The second-order valence-electron chi connectivity index (χ2n) is 4.51. The summed E-state index contributed by atoms with van der Waals surface area (Å²) in [4.78, 5) is 10.5. The highest BCUT2D eigenvalue weighted by molar-refractivity contribution is 9.10. The molecule has 1 atom stereocenters. The molecule has 0 saturated carbocycles. The van der Waals surface area contributed by atoms with Crippen LogP contribution in [-0.2, 0) is 0 Å². The van der Waals surface area contributed by atoms with E-state index in [4.69, 9.17) is 5.73 Å². The Balaban J connectivity index is 2.49. The highest BCUT2D eigenvalue weighted by Crippen LogP contribution is 2.31. The van der Waals surface area contributed by atoms with Crippen molar-refractivity contribution in [2.45, 2.75) is 26.3 Å². The Labute approximate surface area is 124 Å². The molecule has 1 unspecified atom stereocenters. The molecule has 1 aromatic heterocycles. The Morgan fingerprint density at radius 3 is 2.75 bits per heavy atom. The normalized spacial score (nSPS) is 12.3. The number of non-ortho nitro benzene ring substituents is 1. The summed E-state index contributed by atoms with van der Waals surface area (Å²) in [6.07, 6.45) is 0.735. The summed E-state index contributed by atoms with van der Waals surface area (Å²) in [7, 11) is 0. The number of nitrogens with two attached hydrogens (primary N) is 1. The van der Waals surface area contributed by atoms with E-state index in [1.807, 2.05) is 19.9 Å². The molecule has 0 radical (unpaired) electrons. The summed E-state index contributed by atoms with van der Waals surface area (Å²) < 4.78 is 2.47. The van der Waals surface area contributed by atoms with Crippen LogP contribution in [0.3, 0.4) is 0 Å². The van der Waals surface area contributed by atoms with Crippen LogP contribution in [0.25, 0.3) is 0 Å². The molecule has 0 amide bonds. The average Bonchev–Trinajstić information content (AvgIpc) is 2.68. The molecule has 0 spiro atoms. The van der Waals surface area contributed by atoms with Gasteiger partial charge in [0, 0.05) is 12.1 Å². The minimum atomic E-state index is -0.399. The molecule has 1 aromatic carbocycles. The number of halogens is 1. The van der Waals surface area contributed by atoms with Gasteiger partial charge in [-0.15, -0.1) is 0 Å². The van der Waals surface area contributed by atoms with E-state index in [1.165, 1.54) is 6.07 Å². The van der Waals surface area contributed by atoms with Crippen molar-refractivity contribution < 1.29 is 4.92 Å². The highest BCUT2D eigenvalue weighted by atomic mass is 79.9. The number of nitrogen functional groups attached to an aromatic ring is 1. The van der Waals surface area contributed by atoms with Crippen LogP contribution in [0, 0.1) is 17.0 Å². The second kappa shape index (κ2) is 5.62. The number of benzene rings is 1. The number of nitro groups is 1. The lowest BCUT2D eigenvalue weighted by Gasteiger charge is -2.17. The van der Waals surface area contributed by atoms with Crippen LogP contribution < -0.4 is 5.73 Å². The zero-order chi connectivity index (χ0) is 14.9. The van der Waals surface area contributed by atoms with Gasteiger partial charge in [0.15, 0.2) is 0 Å². The SMILES string of the molecule is CCC(c1cccc([N+](=O)[O-])c1)n1nc(C)c(Br)c1N. The van der Waals surface area contributed by atoms with Gasteiger partial charge in [0.1, 0.15) is 5.82 Å². The molecule has 0 fully saturated rings. The number of anilines is 1. The summed E-state index contributed by atoms with van der Waals surface area (Å²) in [6, 6.07) is 6.45. The van der Waals surface area contributed by atoms with Crippen LogP contribution >= 0.6 is 15.9 Å². The number of hydrogen-bond donors (Lipinski definition) is 1. The first-order valence-corrected chi connectivity index (χ1v) is 6.99.